The Morgan fingerprint density at radius 1 is 0.906 bits per heavy atom. The average Bonchev–Trinajstić information content (AvgIpc) is 2.80. The number of benzene rings is 3. The van der Waals surface area contributed by atoms with Crippen molar-refractivity contribution < 1.29 is 14.3 Å². The van der Waals surface area contributed by atoms with Crippen molar-refractivity contribution in [3.63, 3.8) is 0 Å². The largest absolute Gasteiger partial charge is 0.478 e. The van der Waals surface area contributed by atoms with Gasteiger partial charge < -0.3 is 10.4 Å². The Balaban J connectivity index is 1.72. The summed E-state index contributed by atoms with van der Waals surface area (Å²) in [7, 11) is 0. The van der Waals surface area contributed by atoms with E-state index in [1.54, 1.807) is 24.3 Å². The molecule has 0 saturated heterocycles. The number of para-hydroxylation sites is 1. The van der Waals surface area contributed by atoms with Gasteiger partial charge >= 0.3 is 5.97 Å². The van der Waals surface area contributed by atoms with Crippen molar-refractivity contribution in [2.45, 2.75) is 39.0 Å². The van der Waals surface area contributed by atoms with E-state index in [0.29, 0.717) is 17.7 Å². The lowest BCUT2D eigenvalue weighted by atomic mass is 9.99. The molecule has 0 aliphatic carbocycles. The summed E-state index contributed by atoms with van der Waals surface area (Å²) < 4.78 is 13.0. The molecule has 0 aliphatic rings. The fraction of sp³-hybridized carbons (Fsp3) is 0.250. The van der Waals surface area contributed by atoms with E-state index in [0.717, 1.165) is 41.6 Å². The SMILES string of the molecule is CCCCCCNc1c(Cc2ccc(C#Cc3ccc(F)cc3)cc2)cccc1C(=O)O. The fourth-order valence-electron chi connectivity index (χ4n) is 3.50. The lowest BCUT2D eigenvalue weighted by molar-refractivity contribution is 0.0698. The van der Waals surface area contributed by atoms with Gasteiger partial charge in [-0.1, -0.05) is 62.3 Å². The molecule has 0 atom stereocenters. The number of rotatable bonds is 9. The Morgan fingerprint density at radius 3 is 2.19 bits per heavy atom. The van der Waals surface area contributed by atoms with Crippen molar-refractivity contribution in [3.8, 4) is 11.8 Å². The number of hydrogen-bond acceptors (Lipinski definition) is 2. The summed E-state index contributed by atoms with van der Waals surface area (Å²) in [6.07, 6.45) is 5.13. The van der Waals surface area contributed by atoms with Crippen LogP contribution in [-0.2, 0) is 6.42 Å². The van der Waals surface area contributed by atoms with E-state index in [1.807, 2.05) is 30.3 Å². The summed E-state index contributed by atoms with van der Waals surface area (Å²) in [5, 5.41) is 13.0. The number of carbonyl (C=O) groups is 1. The molecule has 164 valence electrons. The smallest absolute Gasteiger partial charge is 0.337 e. The molecule has 32 heavy (non-hydrogen) atoms. The van der Waals surface area contributed by atoms with Crippen molar-refractivity contribution in [1.29, 1.82) is 0 Å². The number of carboxylic acid groups (broad SMARTS) is 1. The Hall–Kier alpha value is -3.58. The van der Waals surface area contributed by atoms with E-state index >= 15 is 0 Å². The van der Waals surface area contributed by atoms with Gasteiger partial charge in [0, 0.05) is 17.7 Å². The van der Waals surface area contributed by atoms with Gasteiger partial charge in [0.2, 0.25) is 0 Å². The van der Waals surface area contributed by atoms with Gasteiger partial charge in [0.15, 0.2) is 0 Å². The predicted molar refractivity (Wildman–Crippen MR) is 128 cm³/mol. The molecule has 0 aliphatic heterocycles. The molecule has 3 aromatic carbocycles. The third kappa shape index (κ3) is 6.72. The molecule has 3 aromatic rings. The van der Waals surface area contributed by atoms with Crippen molar-refractivity contribution in [3.05, 3.63) is 100 Å². The molecule has 0 heterocycles. The van der Waals surface area contributed by atoms with Crippen LogP contribution in [-0.4, -0.2) is 17.6 Å². The van der Waals surface area contributed by atoms with Gasteiger partial charge in [-0.3, -0.25) is 0 Å². The quantitative estimate of drug-likeness (QED) is 0.301. The maximum absolute atomic E-state index is 13.0. The number of anilines is 1. The lowest BCUT2D eigenvalue weighted by Crippen LogP contribution is -2.10. The summed E-state index contributed by atoms with van der Waals surface area (Å²) in [6, 6.07) is 19.4. The maximum atomic E-state index is 13.0. The topological polar surface area (TPSA) is 49.3 Å². The Kier molecular flexibility index (Phi) is 8.45. The third-order valence-corrected chi connectivity index (χ3v) is 5.26. The monoisotopic (exact) mass is 429 g/mol. The van der Waals surface area contributed by atoms with Crippen LogP contribution in [0.25, 0.3) is 0 Å². The first kappa shape index (κ1) is 23.1. The summed E-state index contributed by atoms with van der Waals surface area (Å²) >= 11 is 0. The van der Waals surface area contributed by atoms with E-state index in [-0.39, 0.29) is 5.82 Å². The van der Waals surface area contributed by atoms with Crippen molar-refractivity contribution in [2.24, 2.45) is 0 Å². The van der Waals surface area contributed by atoms with Crippen molar-refractivity contribution >= 4 is 11.7 Å². The van der Waals surface area contributed by atoms with E-state index in [2.05, 4.69) is 24.1 Å². The zero-order valence-electron chi connectivity index (χ0n) is 18.3. The van der Waals surface area contributed by atoms with Gasteiger partial charge in [0.25, 0.3) is 0 Å². The summed E-state index contributed by atoms with van der Waals surface area (Å²) in [6.45, 7) is 2.93. The number of unbranched alkanes of at least 4 members (excludes halogenated alkanes) is 3. The molecule has 0 fully saturated rings. The van der Waals surface area contributed by atoms with Gasteiger partial charge in [-0.15, -0.1) is 0 Å². The molecule has 4 heteroatoms. The molecule has 0 amide bonds. The number of halogens is 1. The number of carboxylic acids is 1. The van der Waals surface area contributed by atoms with E-state index in [9.17, 15) is 14.3 Å². The van der Waals surface area contributed by atoms with Crippen LogP contribution < -0.4 is 5.32 Å². The molecule has 0 spiro atoms. The number of nitrogens with one attached hydrogen (secondary N) is 1. The molecule has 0 saturated carbocycles. The number of aromatic carboxylic acids is 1. The van der Waals surface area contributed by atoms with E-state index in [4.69, 9.17) is 0 Å². The normalized spacial score (nSPS) is 10.3. The zero-order chi connectivity index (χ0) is 22.8. The van der Waals surface area contributed by atoms with Crippen molar-refractivity contribution in [2.75, 3.05) is 11.9 Å². The maximum Gasteiger partial charge on any atom is 0.337 e. The molecular formula is C28H28FNO2. The Labute approximate surface area is 189 Å². The molecule has 0 bridgehead atoms. The summed E-state index contributed by atoms with van der Waals surface area (Å²) in [4.78, 5) is 11.7. The van der Waals surface area contributed by atoms with Crippen LogP contribution in [0.4, 0.5) is 10.1 Å². The summed E-state index contributed by atoms with van der Waals surface area (Å²) in [5.41, 5.74) is 4.68. The van der Waals surface area contributed by atoms with Crippen LogP contribution in [0.1, 0.15) is 65.2 Å². The third-order valence-electron chi connectivity index (χ3n) is 5.26. The predicted octanol–water partition coefficient (Wildman–Crippen LogP) is 6.51. The molecular weight excluding hydrogens is 401 g/mol. The highest BCUT2D eigenvalue weighted by Crippen LogP contribution is 2.25. The Morgan fingerprint density at radius 2 is 1.56 bits per heavy atom. The molecule has 0 aromatic heterocycles. The molecule has 2 N–H and O–H groups in total. The molecule has 3 rings (SSSR count). The van der Waals surface area contributed by atoms with Gasteiger partial charge in [-0.05, 0) is 66.4 Å². The first-order valence-corrected chi connectivity index (χ1v) is 11.0. The molecule has 0 radical (unpaired) electrons. The number of hydrogen-bond donors (Lipinski definition) is 2. The van der Waals surface area contributed by atoms with Crippen LogP contribution >= 0.6 is 0 Å². The highest BCUT2D eigenvalue weighted by Gasteiger charge is 2.14. The first-order valence-electron chi connectivity index (χ1n) is 11.0. The lowest BCUT2D eigenvalue weighted by Gasteiger charge is -2.15. The second kappa shape index (κ2) is 11.7. The highest BCUT2D eigenvalue weighted by atomic mass is 19.1. The summed E-state index contributed by atoms with van der Waals surface area (Å²) in [5.74, 6) is 4.92. The van der Waals surface area contributed by atoms with Crippen LogP contribution in [0, 0.1) is 17.7 Å². The minimum atomic E-state index is -0.922. The zero-order valence-corrected chi connectivity index (χ0v) is 18.3. The highest BCUT2D eigenvalue weighted by molar-refractivity contribution is 5.95. The van der Waals surface area contributed by atoms with Crippen LogP contribution in [0.15, 0.2) is 66.7 Å². The van der Waals surface area contributed by atoms with E-state index < -0.39 is 5.97 Å². The average molecular weight is 430 g/mol. The fourth-order valence-corrected chi connectivity index (χ4v) is 3.50. The van der Waals surface area contributed by atoms with Crippen LogP contribution in [0.5, 0.6) is 0 Å². The van der Waals surface area contributed by atoms with Gasteiger partial charge in [0.05, 0.1) is 11.3 Å². The first-order chi connectivity index (χ1) is 15.6. The van der Waals surface area contributed by atoms with Gasteiger partial charge in [-0.2, -0.15) is 0 Å². The van der Waals surface area contributed by atoms with Crippen LogP contribution in [0.2, 0.25) is 0 Å². The second-order valence-electron chi connectivity index (χ2n) is 7.76. The minimum absolute atomic E-state index is 0.276. The van der Waals surface area contributed by atoms with Crippen LogP contribution in [0.3, 0.4) is 0 Å². The Bertz CT molecular complexity index is 1090. The van der Waals surface area contributed by atoms with Gasteiger partial charge in [0.1, 0.15) is 5.82 Å². The standard InChI is InChI=1S/C28H28FNO2/c1-2-3-4-5-19-30-27-24(7-6-8-26(27)28(31)32)20-23-13-11-21(12-14-23)9-10-22-15-17-25(29)18-16-22/h6-8,11-18,30H,2-5,19-20H2,1H3,(H,31,32). The minimum Gasteiger partial charge on any atom is -0.478 e. The van der Waals surface area contributed by atoms with Gasteiger partial charge in [-0.25, -0.2) is 9.18 Å². The van der Waals surface area contributed by atoms with Crippen molar-refractivity contribution in [1.82, 2.24) is 0 Å². The second-order valence-corrected chi connectivity index (χ2v) is 7.76. The molecule has 3 nitrogen and oxygen atoms in total. The molecule has 0 unspecified atom stereocenters. The van der Waals surface area contributed by atoms with E-state index in [1.165, 1.54) is 25.0 Å².